The number of para-hydroxylation sites is 1. The van der Waals surface area contributed by atoms with E-state index in [0.29, 0.717) is 24.5 Å². The summed E-state index contributed by atoms with van der Waals surface area (Å²) in [4.78, 5) is 14.1. The van der Waals surface area contributed by atoms with Gasteiger partial charge in [-0.25, -0.2) is 4.39 Å². The molecule has 1 aromatic heterocycles. The Hall–Kier alpha value is -2.30. The van der Waals surface area contributed by atoms with Crippen molar-refractivity contribution < 1.29 is 9.18 Å². The molecule has 0 aliphatic rings. The molecule has 0 bridgehead atoms. The molecule has 0 atom stereocenters. The van der Waals surface area contributed by atoms with Crippen LogP contribution in [0.1, 0.15) is 30.8 Å². The van der Waals surface area contributed by atoms with Gasteiger partial charge in [-0.2, -0.15) is 0 Å². The third kappa shape index (κ3) is 3.07. The Morgan fingerprint density at radius 2 is 2.05 bits per heavy atom. The van der Waals surface area contributed by atoms with Crippen molar-refractivity contribution in [2.45, 2.75) is 26.8 Å². The largest absolute Gasteiger partial charge is 0.397 e. The Balaban J connectivity index is 2.39. The first-order valence-electron chi connectivity index (χ1n) is 7.10. The Morgan fingerprint density at radius 1 is 1.33 bits per heavy atom. The van der Waals surface area contributed by atoms with E-state index in [9.17, 15) is 9.18 Å². The number of halogens is 1. The number of aromatic nitrogens is 1. The van der Waals surface area contributed by atoms with Gasteiger partial charge in [-0.05, 0) is 31.5 Å². The van der Waals surface area contributed by atoms with Gasteiger partial charge in [-0.1, -0.05) is 19.1 Å². The molecule has 0 saturated carbocycles. The van der Waals surface area contributed by atoms with Crippen molar-refractivity contribution in [3.8, 4) is 0 Å². The van der Waals surface area contributed by atoms with E-state index in [2.05, 4.69) is 0 Å². The number of rotatable bonds is 5. The van der Waals surface area contributed by atoms with Crippen molar-refractivity contribution >= 4 is 17.3 Å². The molecule has 0 spiro atoms. The molecule has 2 aromatic rings. The third-order valence-electron chi connectivity index (χ3n) is 3.31. The highest BCUT2D eigenvalue weighted by Gasteiger charge is 2.22. The molecule has 21 heavy (non-hydrogen) atoms. The maximum absolute atomic E-state index is 13.9. The second-order valence-corrected chi connectivity index (χ2v) is 4.85. The van der Waals surface area contributed by atoms with Gasteiger partial charge in [0.15, 0.2) is 0 Å². The molecular formula is C16H20FN3O. The minimum absolute atomic E-state index is 0.243. The molecule has 0 aliphatic carbocycles. The van der Waals surface area contributed by atoms with Gasteiger partial charge in [0, 0.05) is 19.3 Å². The molecule has 1 amide bonds. The average Bonchev–Trinajstić information content (AvgIpc) is 2.83. The first-order chi connectivity index (χ1) is 10.1. The number of amides is 1. The van der Waals surface area contributed by atoms with Gasteiger partial charge >= 0.3 is 0 Å². The summed E-state index contributed by atoms with van der Waals surface area (Å²) in [5.74, 6) is -0.651. The molecule has 0 fully saturated rings. The first-order valence-corrected chi connectivity index (χ1v) is 7.10. The quantitative estimate of drug-likeness (QED) is 0.918. The van der Waals surface area contributed by atoms with Crippen LogP contribution < -0.4 is 10.6 Å². The number of hydrogen-bond acceptors (Lipinski definition) is 2. The Morgan fingerprint density at radius 3 is 2.67 bits per heavy atom. The van der Waals surface area contributed by atoms with Crippen LogP contribution in [0.25, 0.3) is 0 Å². The van der Waals surface area contributed by atoms with Gasteiger partial charge < -0.3 is 15.2 Å². The number of hydrogen-bond donors (Lipinski definition) is 1. The van der Waals surface area contributed by atoms with Crippen molar-refractivity contribution in [1.29, 1.82) is 0 Å². The fourth-order valence-electron chi connectivity index (χ4n) is 2.37. The van der Waals surface area contributed by atoms with Gasteiger partial charge in [0.2, 0.25) is 0 Å². The van der Waals surface area contributed by atoms with E-state index in [1.807, 2.05) is 18.4 Å². The monoisotopic (exact) mass is 289 g/mol. The minimum Gasteiger partial charge on any atom is -0.397 e. The summed E-state index contributed by atoms with van der Waals surface area (Å²) in [6, 6.07) is 7.92. The number of benzene rings is 1. The SMILES string of the molecule is CCCn1cc(N)cc1C(=O)N(CC)c1ccccc1F. The molecular weight excluding hydrogens is 269 g/mol. The number of nitrogen functional groups attached to an aromatic ring is 1. The lowest BCUT2D eigenvalue weighted by Crippen LogP contribution is -2.33. The summed E-state index contributed by atoms with van der Waals surface area (Å²) in [6.07, 6.45) is 2.63. The number of carbonyl (C=O) groups is 1. The van der Waals surface area contributed by atoms with Crippen molar-refractivity contribution in [2.24, 2.45) is 0 Å². The summed E-state index contributed by atoms with van der Waals surface area (Å²) in [7, 11) is 0. The number of nitrogens with zero attached hydrogens (tertiary/aromatic N) is 2. The third-order valence-corrected chi connectivity index (χ3v) is 3.31. The fourth-order valence-corrected chi connectivity index (χ4v) is 2.37. The molecule has 0 aliphatic heterocycles. The molecule has 0 unspecified atom stereocenters. The van der Waals surface area contributed by atoms with Crippen molar-refractivity contribution in [2.75, 3.05) is 17.2 Å². The predicted molar refractivity (Wildman–Crippen MR) is 82.9 cm³/mol. The van der Waals surface area contributed by atoms with E-state index >= 15 is 0 Å². The number of carbonyl (C=O) groups excluding carboxylic acids is 1. The van der Waals surface area contributed by atoms with Gasteiger partial charge in [-0.3, -0.25) is 4.79 Å². The van der Waals surface area contributed by atoms with E-state index < -0.39 is 5.82 Å². The Bertz CT molecular complexity index is 636. The van der Waals surface area contributed by atoms with E-state index in [1.54, 1.807) is 30.5 Å². The smallest absolute Gasteiger partial charge is 0.275 e. The lowest BCUT2D eigenvalue weighted by molar-refractivity contribution is 0.0978. The topological polar surface area (TPSA) is 51.3 Å². The standard InChI is InChI=1S/C16H20FN3O/c1-3-9-19-11-12(18)10-15(19)16(21)20(4-2)14-8-6-5-7-13(14)17/h5-8,10-11H,3-4,9,18H2,1-2H3. The van der Waals surface area contributed by atoms with Crippen molar-refractivity contribution in [3.05, 3.63) is 48.0 Å². The van der Waals surface area contributed by atoms with Gasteiger partial charge in [0.25, 0.3) is 5.91 Å². The number of aryl methyl sites for hydroxylation is 1. The summed E-state index contributed by atoms with van der Waals surface area (Å²) in [5, 5.41) is 0. The molecule has 5 heteroatoms. The zero-order valence-corrected chi connectivity index (χ0v) is 12.3. The lowest BCUT2D eigenvalue weighted by atomic mass is 10.2. The number of nitrogens with two attached hydrogens (primary N) is 1. The average molecular weight is 289 g/mol. The van der Waals surface area contributed by atoms with Crippen LogP contribution >= 0.6 is 0 Å². The molecule has 1 aromatic carbocycles. The fraction of sp³-hybridized carbons (Fsp3) is 0.312. The summed E-state index contributed by atoms with van der Waals surface area (Å²) >= 11 is 0. The molecule has 1 heterocycles. The zero-order chi connectivity index (χ0) is 15.4. The van der Waals surface area contributed by atoms with E-state index in [-0.39, 0.29) is 11.6 Å². The summed E-state index contributed by atoms with van der Waals surface area (Å²) in [5.41, 5.74) is 7.10. The van der Waals surface area contributed by atoms with Crippen LogP contribution in [-0.2, 0) is 6.54 Å². The summed E-state index contributed by atoms with van der Waals surface area (Å²) < 4.78 is 15.8. The highest BCUT2D eigenvalue weighted by Crippen LogP contribution is 2.22. The minimum atomic E-state index is -0.408. The van der Waals surface area contributed by atoms with Crippen LogP contribution in [0, 0.1) is 5.82 Å². The highest BCUT2D eigenvalue weighted by atomic mass is 19.1. The maximum atomic E-state index is 13.9. The summed E-state index contributed by atoms with van der Waals surface area (Å²) in [6.45, 7) is 4.93. The van der Waals surface area contributed by atoms with Crippen molar-refractivity contribution in [1.82, 2.24) is 4.57 Å². The van der Waals surface area contributed by atoms with E-state index in [1.165, 1.54) is 11.0 Å². The molecule has 2 N–H and O–H groups in total. The van der Waals surface area contributed by atoms with Crippen LogP contribution in [0.4, 0.5) is 15.8 Å². The Kier molecular flexibility index (Phi) is 4.62. The molecule has 0 saturated heterocycles. The van der Waals surface area contributed by atoms with Gasteiger partial charge in [0.05, 0.1) is 11.4 Å². The van der Waals surface area contributed by atoms with Crippen LogP contribution in [0.3, 0.4) is 0 Å². The maximum Gasteiger partial charge on any atom is 0.275 e. The van der Waals surface area contributed by atoms with Gasteiger partial charge in [0.1, 0.15) is 11.5 Å². The van der Waals surface area contributed by atoms with Gasteiger partial charge in [-0.15, -0.1) is 0 Å². The zero-order valence-electron chi connectivity index (χ0n) is 12.3. The van der Waals surface area contributed by atoms with Crippen LogP contribution in [0.5, 0.6) is 0 Å². The highest BCUT2D eigenvalue weighted by molar-refractivity contribution is 6.05. The lowest BCUT2D eigenvalue weighted by Gasteiger charge is -2.22. The molecule has 2 rings (SSSR count). The normalized spacial score (nSPS) is 10.6. The van der Waals surface area contributed by atoms with Crippen LogP contribution in [-0.4, -0.2) is 17.0 Å². The first kappa shape index (κ1) is 15.1. The molecule has 112 valence electrons. The molecule has 0 radical (unpaired) electrons. The Labute approximate surface area is 124 Å². The van der Waals surface area contributed by atoms with E-state index in [4.69, 9.17) is 5.73 Å². The predicted octanol–water partition coefficient (Wildman–Crippen LogP) is 3.29. The van der Waals surface area contributed by atoms with Crippen molar-refractivity contribution in [3.63, 3.8) is 0 Å². The molecule has 4 nitrogen and oxygen atoms in total. The number of anilines is 2. The van der Waals surface area contributed by atoms with Crippen LogP contribution in [0.2, 0.25) is 0 Å². The van der Waals surface area contributed by atoms with Crippen LogP contribution in [0.15, 0.2) is 36.5 Å². The second-order valence-electron chi connectivity index (χ2n) is 4.85. The second kappa shape index (κ2) is 6.43. The van der Waals surface area contributed by atoms with E-state index in [0.717, 1.165) is 6.42 Å².